The molecule has 2 saturated heterocycles. The summed E-state index contributed by atoms with van der Waals surface area (Å²) in [5.74, 6) is 0.912. The second kappa shape index (κ2) is 6.44. The number of amidine groups is 1. The molecule has 4 rings (SSSR count). The highest BCUT2D eigenvalue weighted by atomic mass is 32.2. The molecule has 0 aromatic heterocycles. The maximum absolute atomic E-state index is 12.3. The highest BCUT2D eigenvalue weighted by molar-refractivity contribution is 7.90. The summed E-state index contributed by atoms with van der Waals surface area (Å²) in [7, 11) is -3.61. The second-order valence-corrected chi connectivity index (χ2v) is 7.93. The molecular formula is C16H21N3O4S. The normalized spacial score (nSPS) is 25.1. The Morgan fingerprint density at radius 3 is 2.62 bits per heavy atom. The third-order valence-corrected chi connectivity index (χ3v) is 6.08. The molecule has 1 aromatic rings. The quantitative estimate of drug-likeness (QED) is 0.884. The van der Waals surface area contributed by atoms with E-state index in [2.05, 4.69) is 14.6 Å². The Bertz CT molecular complexity index is 735. The van der Waals surface area contributed by atoms with Gasteiger partial charge in [-0.1, -0.05) is 12.1 Å². The van der Waals surface area contributed by atoms with E-state index in [1.807, 2.05) is 6.07 Å². The largest absolute Gasteiger partial charge is 0.350 e. The lowest BCUT2D eigenvalue weighted by molar-refractivity contribution is -0.0966. The number of likely N-dealkylation sites (tertiary alicyclic amines) is 1. The molecule has 3 aliphatic heterocycles. The van der Waals surface area contributed by atoms with Crippen LogP contribution in [0, 0.1) is 5.92 Å². The number of piperidine rings is 1. The van der Waals surface area contributed by atoms with Crippen molar-refractivity contribution in [3.8, 4) is 0 Å². The monoisotopic (exact) mass is 351 g/mol. The first-order valence-corrected chi connectivity index (χ1v) is 9.71. The Kier molecular flexibility index (Phi) is 4.29. The van der Waals surface area contributed by atoms with Gasteiger partial charge in [0.05, 0.1) is 25.4 Å². The van der Waals surface area contributed by atoms with E-state index in [0.29, 0.717) is 37.2 Å². The van der Waals surface area contributed by atoms with Crippen molar-refractivity contribution in [2.45, 2.75) is 24.0 Å². The van der Waals surface area contributed by atoms with Gasteiger partial charge >= 0.3 is 0 Å². The van der Waals surface area contributed by atoms with E-state index in [1.165, 1.54) is 0 Å². The molecule has 1 aromatic carbocycles. The molecule has 3 heterocycles. The fourth-order valence-corrected chi connectivity index (χ4v) is 4.62. The van der Waals surface area contributed by atoms with Crippen LogP contribution < -0.4 is 5.32 Å². The number of para-hydroxylation sites is 1. The number of benzene rings is 1. The lowest BCUT2D eigenvalue weighted by Gasteiger charge is -2.34. The van der Waals surface area contributed by atoms with Gasteiger partial charge in [0.15, 0.2) is 6.29 Å². The Hall–Kier alpha value is -1.48. The van der Waals surface area contributed by atoms with Gasteiger partial charge in [-0.25, -0.2) is 0 Å². The highest BCUT2D eigenvalue weighted by Gasteiger charge is 2.31. The zero-order valence-corrected chi connectivity index (χ0v) is 14.2. The van der Waals surface area contributed by atoms with E-state index >= 15 is 0 Å². The predicted molar refractivity (Wildman–Crippen MR) is 89.5 cm³/mol. The topological polar surface area (TPSA) is 80.2 Å². The summed E-state index contributed by atoms with van der Waals surface area (Å²) in [4.78, 5) is 2.46. The van der Waals surface area contributed by atoms with E-state index in [0.717, 1.165) is 25.9 Å². The summed E-state index contributed by atoms with van der Waals surface area (Å²) in [6.45, 7) is 3.64. The number of ether oxygens (including phenoxy) is 2. The van der Waals surface area contributed by atoms with Crippen molar-refractivity contribution in [1.29, 1.82) is 0 Å². The minimum Gasteiger partial charge on any atom is -0.350 e. The van der Waals surface area contributed by atoms with Crippen molar-refractivity contribution in [2.24, 2.45) is 10.3 Å². The van der Waals surface area contributed by atoms with Gasteiger partial charge in [-0.2, -0.15) is 8.42 Å². The van der Waals surface area contributed by atoms with Gasteiger partial charge in [-0.05, 0) is 38.1 Å². The maximum atomic E-state index is 12.3. The molecule has 8 heteroatoms. The van der Waals surface area contributed by atoms with Crippen LogP contribution in [0.4, 0.5) is 5.69 Å². The fraction of sp³-hybridized carbons (Fsp3) is 0.562. The molecule has 0 amide bonds. The van der Waals surface area contributed by atoms with Crippen LogP contribution in [-0.2, 0) is 19.5 Å². The van der Waals surface area contributed by atoms with Crippen LogP contribution in [0.15, 0.2) is 33.6 Å². The molecule has 7 nitrogen and oxygen atoms in total. The lowest BCUT2D eigenvalue weighted by atomic mass is 9.96. The second-order valence-electron chi connectivity index (χ2n) is 6.36. The Balaban J connectivity index is 1.39. The Morgan fingerprint density at radius 1 is 1.17 bits per heavy atom. The Morgan fingerprint density at radius 2 is 1.88 bits per heavy atom. The summed E-state index contributed by atoms with van der Waals surface area (Å²) in [5, 5.41) is 3.15. The summed E-state index contributed by atoms with van der Waals surface area (Å²) < 4.78 is 39.7. The van der Waals surface area contributed by atoms with E-state index in [-0.39, 0.29) is 11.2 Å². The molecule has 2 fully saturated rings. The third-order valence-electron chi connectivity index (χ3n) is 4.71. The van der Waals surface area contributed by atoms with Gasteiger partial charge < -0.3 is 14.8 Å². The molecule has 0 atom stereocenters. The molecule has 0 saturated carbocycles. The minimum absolute atomic E-state index is 0.0652. The fourth-order valence-electron chi connectivity index (χ4n) is 3.48. The van der Waals surface area contributed by atoms with Gasteiger partial charge in [0, 0.05) is 5.92 Å². The van der Waals surface area contributed by atoms with Crippen molar-refractivity contribution in [2.75, 3.05) is 38.2 Å². The molecule has 3 aliphatic rings. The average Bonchev–Trinajstić information content (AvgIpc) is 3.09. The van der Waals surface area contributed by atoms with Crippen LogP contribution in [0.25, 0.3) is 0 Å². The summed E-state index contributed by atoms with van der Waals surface area (Å²) in [6, 6.07) is 6.86. The Labute approximate surface area is 141 Å². The van der Waals surface area contributed by atoms with Gasteiger partial charge in [0.25, 0.3) is 10.0 Å². The van der Waals surface area contributed by atoms with E-state index in [1.54, 1.807) is 18.2 Å². The van der Waals surface area contributed by atoms with E-state index < -0.39 is 10.0 Å². The number of fused-ring (bicyclic) bond motifs is 1. The number of rotatable bonds is 3. The maximum Gasteiger partial charge on any atom is 0.286 e. The molecule has 0 radical (unpaired) electrons. The number of nitrogens with zero attached hydrogens (tertiary/aromatic N) is 2. The summed E-state index contributed by atoms with van der Waals surface area (Å²) >= 11 is 0. The first-order chi connectivity index (χ1) is 11.6. The molecule has 1 N–H and O–H groups in total. The molecule has 130 valence electrons. The first kappa shape index (κ1) is 16.0. The van der Waals surface area contributed by atoms with Crippen molar-refractivity contribution in [3.05, 3.63) is 24.3 Å². The number of hydrogen-bond donors (Lipinski definition) is 1. The van der Waals surface area contributed by atoms with Crippen molar-refractivity contribution < 1.29 is 17.9 Å². The molecule has 0 aliphatic carbocycles. The van der Waals surface area contributed by atoms with Crippen molar-refractivity contribution >= 4 is 21.5 Å². The number of nitrogens with one attached hydrogen (secondary N) is 1. The summed E-state index contributed by atoms with van der Waals surface area (Å²) in [5.41, 5.74) is 0.602. The molecule has 24 heavy (non-hydrogen) atoms. The lowest BCUT2D eigenvalue weighted by Crippen LogP contribution is -2.42. The summed E-state index contributed by atoms with van der Waals surface area (Å²) in [6.07, 6.45) is 1.91. The average molecular weight is 351 g/mol. The molecule has 0 unspecified atom stereocenters. The molecular weight excluding hydrogens is 330 g/mol. The van der Waals surface area contributed by atoms with E-state index in [9.17, 15) is 8.42 Å². The van der Waals surface area contributed by atoms with Crippen LogP contribution in [0.3, 0.4) is 0 Å². The predicted octanol–water partition coefficient (Wildman–Crippen LogP) is 1.28. The number of sulfonamides is 1. The van der Waals surface area contributed by atoms with Crippen LogP contribution in [-0.4, -0.2) is 58.3 Å². The smallest absolute Gasteiger partial charge is 0.286 e. The molecule has 0 spiro atoms. The van der Waals surface area contributed by atoms with Crippen molar-refractivity contribution in [3.63, 3.8) is 0 Å². The first-order valence-electron chi connectivity index (χ1n) is 8.27. The number of anilines is 1. The van der Waals surface area contributed by atoms with Crippen LogP contribution in [0.2, 0.25) is 0 Å². The zero-order valence-electron chi connectivity index (χ0n) is 13.3. The van der Waals surface area contributed by atoms with Gasteiger partial charge in [-0.15, -0.1) is 4.40 Å². The van der Waals surface area contributed by atoms with Crippen LogP contribution in [0.5, 0.6) is 0 Å². The van der Waals surface area contributed by atoms with Crippen molar-refractivity contribution in [1.82, 2.24) is 4.90 Å². The highest BCUT2D eigenvalue weighted by Crippen LogP contribution is 2.28. The zero-order chi connectivity index (χ0) is 16.6. The van der Waals surface area contributed by atoms with Gasteiger partial charge in [0.1, 0.15) is 10.7 Å². The van der Waals surface area contributed by atoms with Gasteiger partial charge in [0.2, 0.25) is 0 Å². The third kappa shape index (κ3) is 3.19. The standard InChI is InChI=1S/C16H21N3O4S/c20-24(21)14-4-2-1-3-13(14)17-15(18-24)11-19-7-5-12(6-8-19)16-22-9-10-23-16/h1-4,12,16H,5-11H2,(H,17,18). The van der Waals surface area contributed by atoms with Crippen LogP contribution in [0.1, 0.15) is 12.8 Å². The minimum atomic E-state index is -3.61. The molecule has 0 bridgehead atoms. The van der Waals surface area contributed by atoms with Gasteiger partial charge in [-0.3, -0.25) is 4.90 Å². The SMILES string of the molecule is O=S1(=O)N=C(CN2CCC(C3OCCO3)CC2)Nc2ccccc21. The van der Waals surface area contributed by atoms with E-state index in [4.69, 9.17) is 9.47 Å². The van der Waals surface area contributed by atoms with Crippen LogP contribution >= 0.6 is 0 Å². The number of hydrogen-bond acceptors (Lipinski definition) is 6.